The highest BCUT2D eigenvalue weighted by Gasteiger charge is 2.36. The number of hydrogen-bond acceptors (Lipinski definition) is 3. The van der Waals surface area contributed by atoms with Crippen LogP contribution in [0.4, 0.5) is 0 Å². The zero-order valence-corrected chi connectivity index (χ0v) is 18.2. The number of hydrogen-bond donors (Lipinski definition) is 0. The summed E-state index contributed by atoms with van der Waals surface area (Å²) in [6, 6.07) is 22.7. The molecule has 3 heterocycles. The van der Waals surface area contributed by atoms with Crippen LogP contribution in [0.5, 0.6) is 5.75 Å². The molecule has 3 aromatic rings. The first-order valence-electron chi connectivity index (χ1n) is 11.4. The molecule has 2 aliphatic rings. The van der Waals surface area contributed by atoms with E-state index in [1.54, 1.807) is 13.2 Å². The molecule has 0 radical (unpaired) electrons. The molecule has 4 nitrogen and oxygen atoms in total. The Morgan fingerprint density at radius 3 is 2.52 bits per heavy atom. The molecule has 5 rings (SSSR count). The van der Waals surface area contributed by atoms with Crippen molar-refractivity contribution < 1.29 is 4.74 Å². The monoisotopic (exact) mass is 414 g/mol. The summed E-state index contributed by atoms with van der Waals surface area (Å²) in [6.07, 6.45) is 3.48. The van der Waals surface area contributed by atoms with Crippen LogP contribution in [0.15, 0.2) is 71.5 Å². The number of aromatic nitrogens is 1. The van der Waals surface area contributed by atoms with Gasteiger partial charge in [-0.15, -0.1) is 0 Å². The lowest BCUT2D eigenvalue weighted by Gasteiger charge is -2.43. The smallest absolute Gasteiger partial charge is 0.250 e. The molecular formula is C27H30N2O2. The van der Waals surface area contributed by atoms with Crippen molar-refractivity contribution in [2.75, 3.05) is 26.7 Å². The van der Waals surface area contributed by atoms with Crippen LogP contribution >= 0.6 is 0 Å². The first-order chi connectivity index (χ1) is 15.2. The van der Waals surface area contributed by atoms with E-state index < -0.39 is 0 Å². The van der Waals surface area contributed by atoms with Crippen LogP contribution in [0.25, 0.3) is 11.1 Å². The molecular weight excluding hydrogens is 384 g/mol. The maximum Gasteiger partial charge on any atom is 0.250 e. The van der Waals surface area contributed by atoms with Gasteiger partial charge in [-0.3, -0.25) is 4.79 Å². The Labute approximate surface area is 184 Å². The van der Waals surface area contributed by atoms with Gasteiger partial charge in [-0.05, 0) is 61.1 Å². The van der Waals surface area contributed by atoms with Gasteiger partial charge < -0.3 is 14.2 Å². The van der Waals surface area contributed by atoms with Gasteiger partial charge in [0.25, 0.3) is 5.56 Å². The number of aryl methyl sites for hydroxylation is 1. The minimum Gasteiger partial charge on any atom is -0.497 e. The molecule has 31 heavy (non-hydrogen) atoms. The molecule has 0 saturated carbocycles. The van der Waals surface area contributed by atoms with Gasteiger partial charge in [0.05, 0.1) is 7.11 Å². The van der Waals surface area contributed by atoms with Crippen molar-refractivity contribution in [1.82, 2.24) is 9.47 Å². The third kappa shape index (κ3) is 4.17. The summed E-state index contributed by atoms with van der Waals surface area (Å²) in [5, 5.41) is 0. The first kappa shape index (κ1) is 20.1. The summed E-state index contributed by atoms with van der Waals surface area (Å²) >= 11 is 0. The second-order valence-electron chi connectivity index (χ2n) is 8.96. The molecule has 2 aromatic carbocycles. The van der Waals surface area contributed by atoms with Gasteiger partial charge in [0.2, 0.25) is 0 Å². The molecule has 4 heteroatoms. The minimum atomic E-state index is 0.138. The first-order valence-corrected chi connectivity index (χ1v) is 11.4. The van der Waals surface area contributed by atoms with Crippen LogP contribution in [0, 0.1) is 5.92 Å². The molecule has 2 bridgehead atoms. The highest BCUT2D eigenvalue weighted by Crippen LogP contribution is 2.40. The van der Waals surface area contributed by atoms with Crippen molar-refractivity contribution in [1.29, 1.82) is 0 Å². The molecule has 1 saturated heterocycles. The number of likely N-dealkylation sites (tertiary alicyclic amines) is 1. The van der Waals surface area contributed by atoms with Crippen molar-refractivity contribution in [2.24, 2.45) is 5.92 Å². The van der Waals surface area contributed by atoms with Crippen molar-refractivity contribution >= 4 is 0 Å². The Kier molecular flexibility index (Phi) is 5.65. The summed E-state index contributed by atoms with van der Waals surface area (Å²) in [6.45, 7) is 4.10. The number of methoxy groups -OCH3 is 1. The normalized spacial score (nSPS) is 20.3. The number of pyridine rings is 1. The number of piperidine rings is 1. The minimum absolute atomic E-state index is 0.138. The van der Waals surface area contributed by atoms with Crippen LogP contribution in [0.1, 0.15) is 30.0 Å². The van der Waals surface area contributed by atoms with Gasteiger partial charge in [0.15, 0.2) is 0 Å². The number of rotatable bonds is 6. The largest absolute Gasteiger partial charge is 0.497 e. The van der Waals surface area contributed by atoms with Crippen LogP contribution in [-0.4, -0.2) is 36.2 Å². The third-order valence-electron chi connectivity index (χ3n) is 6.85. The molecule has 160 valence electrons. The zero-order valence-electron chi connectivity index (χ0n) is 18.2. The molecule has 0 amide bonds. The molecule has 0 unspecified atom stereocenters. The lowest BCUT2D eigenvalue weighted by Crippen LogP contribution is -2.47. The lowest BCUT2D eigenvalue weighted by molar-refractivity contribution is 0.119. The van der Waals surface area contributed by atoms with E-state index in [4.69, 9.17) is 4.74 Å². The van der Waals surface area contributed by atoms with Crippen molar-refractivity contribution in [3.05, 3.63) is 88.3 Å². The number of ether oxygens (including phenoxy) is 1. The molecule has 0 aliphatic carbocycles. The van der Waals surface area contributed by atoms with Crippen LogP contribution in [-0.2, 0) is 13.0 Å². The van der Waals surface area contributed by atoms with Gasteiger partial charge in [0, 0.05) is 42.9 Å². The van der Waals surface area contributed by atoms with Gasteiger partial charge in [-0.1, -0.05) is 42.5 Å². The van der Waals surface area contributed by atoms with Crippen LogP contribution < -0.4 is 10.3 Å². The topological polar surface area (TPSA) is 34.5 Å². The van der Waals surface area contributed by atoms with Gasteiger partial charge in [-0.25, -0.2) is 0 Å². The lowest BCUT2D eigenvalue weighted by atomic mass is 9.80. The van der Waals surface area contributed by atoms with Gasteiger partial charge >= 0.3 is 0 Å². The quantitative estimate of drug-likeness (QED) is 0.592. The zero-order chi connectivity index (χ0) is 21.2. The Morgan fingerprint density at radius 1 is 0.935 bits per heavy atom. The number of fused-ring (bicyclic) bond motifs is 4. The molecule has 2 aliphatic heterocycles. The Balaban J connectivity index is 1.37. The molecule has 1 aromatic heterocycles. The van der Waals surface area contributed by atoms with Crippen molar-refractivity contribution in [2.45, 2.75) is 31.7 Å². The second-order valence-corrected chi connectivity index (χ2v) is 8.96. The van der Waals surface area contributed by atoms with Crippen LogP contribution in [0.3, 0.4) is 0 Å². The number of nitrogens with zero attached hydrogens (tertiary/aromatic N) is 2. The summed E-state index contributed by atoms with van der Waals surface area (Å²) in [5.74, 6) is 1.83. The SMILES string of the molecule is COc1ccc(-c2ccc(=O)n3c2[C@@H]2C[C@@H](CN(CCCc4ccccc4)C2)C3)cc1. The maximum absolute atomic E-state index is 12.7. The van der Waals surface area contributed by atoms with E-state index in [1.165, 1.54) is 29.7 Å². The number of benzene rings is 2. The van der Waals surface area contributed by atoms with E-state index >= 15 is 0 Å². The van der Waals surface area contributed by atoms with Crippen molar-refractivity contribution in [3.8, 4) is 16.9 Å². The summed E-state index contributed by atoms with van der Waals surface area (Å²) in [5.41, 5.74) is 5.13. The fourth-order valence-electron chi connectivity index (χ4n) is 5.46. The van der Waals surface area contributed by atoms with Crippen LogP contribution in [0.2, 0.25) is 0 Å². The van der Waals surface area contributed by atoms with E-state index in [9.17, 15) is 4.79 Å². The highest BCUT2D eigenvalue weighted by molar-refractivity contribution is 5.67. The van der Waals surface area contributed by atoms with E-state index in [0.29, 0.717) is 11.8 Å². The van der Waals surface area contributed by atoms with Crippen molar-refractivity contribution in [3.63, 3.8) is 0 Å². The molecule has 0 N–H and O–H groups in total. The highest BCUT2D eigenvalue weighted by atomic mass is 16.5. The predicted molar refractivity (Wildman–Crippen MR) is 125 cm³/mol. The van der Waals surface area contributed by atoms with E-state index in [1.807, 2.05) is 18.2 Å². The molecule has 1 fully saturated rings. The van der Waals surface area contributed by atoms with E-state index in [0.717, 1.165) is 43.9 Å². The maximum atomic E-state index is 12.7. The summed E-state index contributed by atoms with van der Waals surface area (Å²) < 4.78 is 7.38. The fourth-order valence-corrected chi connectivity index (χ4v) is 5.46. The second kappa shape index (κ2) is 8.72. The fraction of sp³-hybridized carbons (Fsp3) is 0.370. The molecule has 0 spiro atoms. The standard InChI is InChI=1S/C27H30N2O2/c1-31-24-11-9-22(10-12-24)25-13-14-26(30)29-18-21-16-23(27(25)29)19-28(17-21)15-5-8-20-6-3-2-4-7-20/h2-4,6-7,9-14,21,23H,5,8,15-19H2,1H3/t21-,23+/m0/s1. The molecule has 2 atom stereocenters. The average Bonchev–Trinajstić information content (AvgIpc) is 2.80. The Morgan fingerprint density at radius 2 is 1.74 bits per heavy atom. The average molecular weight is 415 g/mol. The Bertz CT molecular complexity index is 1090. The predicted octanol–water partition coefficient (Wildman–Crippen LogP) is 4.58. The van der Waals surface area contributed by atoms with E-state index in [2.05, 4.69) is 51.9 Å². The van der Waals surface area contributed by atoms with E-state index in [-0.39, 0.29) is 5.56 Å². The van der Waals surface area contributed by atoms with Gasteiger partial charge in [0.1, 0.15) is 5.75 Å². The Hall–Kier alpha value is -2.85. The van der Waals surface area contributed by atoms with Gasteiger partial charge in [-0.2, -0.15) is 0 Å². The third-order valence-corrected chi connectivity index (χ3v) is 6.85. The summed E-state index contributed by atoms with van der Waals surface area (Å²) in [4.78, 5) is 15.3. The summed E-state index contributed by atoms with van der Waals surface area (Å²) in [7, 11) is 1.69.